The van der Waals surface area contributed by atoms with E-state index in [1.165, 1.54) is 13.2 Å². The first-order valence-corrected chi connectivity index (χ1v) is 23.0. The number of aromatic amines is 1. The number of aliphatic hydroxyl groups is 1. The van der Waals surface area contributed by atoms with Gasteiger partial charge in [0.25, 0.3) is 5.91 Å². The summed E-state index contributed by atoms with van der Waals surface area (Å²) in [4.78, 5) is 82.1. The largest absolute Gasteiger partial charge is 0.382 e. The lowest BCUT2D eigenvalue weighted by atomic mass is 9.79. The van der Waals surface area contributed by atoms with Crippen LogP contribution in [0, 0.1) is 17.6 Å². The molecule has 0 radical (unpaired) electrons. The molecule has 1 aliphatic carbocycles. The van der Waals surface area contributed by atoms with Crippen molar-refractivity contribution >= 4 is 62.0 Å². The summed E-state index contributed by atoms with van der Waals surface area (Å²) < 4.78 is 58.8. The first-order valence-electron chi connectivity index (χ1n) is 21.6. The maximum Gasteiger partial charge on any atom is 0.301 e. The smallest absolute Gasteiger partial charge is 0.301 e. The number of carbonyl (C=O) groups is 5. The molecule has 2 saturated heterocycles. The zero-order valence-electron chi connectivity index (χ0n) is 35.9. The number of aliphatic hydroxyl groups excluding tert-OH is 1. The summed E-state index contributed by atoms with van der Waals surface area (Å²) in [6, 6.07) is 11.2. The number of amides is 4. The number of hydrogen-bond donors (Lipinski definition) is 5. The van der Waals surface area contributed by atoms with Crippen molar-refractivity contribution in [2.45, 2.75) is 57.5 Å². The molecule has 21 heteroatoms. The van der Waals surface area contributed by atoms with Gasteiger partial charge in [-0.1, -0.05) is 25.1 Å². The highest BCUT2D eigenvalue weighted by Crippen LogP contribution is 2.41. The minimum Gasteiger partial charge on any atom is -0.382 e. The zero-order valence-corrected chi connectivity index (χ0v) is 36.7. The number of pyridine rings is 2. The predicted octanol–water partition coefficient (Wildman–Crippen LogP) is 3.53. The summed E-state index contributed by atoms with van der Waals surface area (Å²) in [6.45, 7) is 4.61. The van der Waals surface area contributed by atoms with E-state index < -0.39 is 68.9 Å². The third kappa shape index (κ3) is 8.26. The number of hydrogen-bond acceptors (Lipinski definition) is 12. The summed E-state index contributed by atoms with van der Waals surface area (Å²) in [7, 11) is -2.87. The molecule has 4 aliphatic rings. The van der Waals surface area contributed by atoms with Crippen LogP contribution >= 0.6 is 0 Å². The van der Waals surface area contributed by atoms with Crippen molar-refractivity contribution in [3.63, 3.8) is 0 Å². The number of piperazine rings is 1. The van der Waals surface area contributed by atoms with Crippen LogP contribution in [0.1, 0.15) is 76.4 Å². The lowest BCUT2D eigenvalue weighted by molar-refractivity contribution is -0.141. The lowest BCUT2D eigenvalue weighted by Crippen LogP contribution is -2.53. The fourth-order valence-corrected chi connectivity index (χ4v) is 9.89. The minimum atomic E-state index is -4.16. The van der Waals surface area contributed by atoms with Crippen LogP contribution in [-0.4, -0.2) is 129 Å². The first kappa shape index (κ1) is 44.5. The Morgan fingerprint density at radius 1 is 0.970 bits per heavy atom. The van der Waals surface area contributed by atoms with Gasteiger partial charge in [-0.25, -0.2) is 13.8 Å². The first-order chi connectivity index (χ1) is 31.6. The van der Waals surface area contributed by atoms with Crippen LogP contribution in [0.3, 0.4) is 0 Å². The van der Waals surface area contributed by atoms with Gasteiger partial charge in [0.05, 0.1) is 22.5 Å². The highest BCUT2D eigenvalue weighted by atomic mass is 32.2. The van der Waals surface area contributed by atoms with Crippen LogP contribution in [-0.2, 0) is 31.1 Å². The molecule has 66 heavy (non-hydrogen) atoms. The van der Waals surface area contributed by atoms with Crippen LogP contribution in [0.25, 0.3) is 22.2 Å². The van der Waals surface area contributed by atoms with Crippen molar-refractivity contribution in [2.24, 2.45) is 5.92 Å². The minimum absolute atomic E-state index is 0.0605. The highest BCUT2D eigenvalue weighted by Gasteiger charge is 2.46. The summed E-state index contributed by atoms with van der Waals surface area (Å²) in [5.74, 6) is -5.12. The molecule has 9 rings (SSSR count). The monoisotopic (exact) mass is 924 g/mol. The molecule has 1 saturated carbocycles. The molecule has 2 unspecified atom stereocenters. The molecule has 3 fully saturated rings. The standard InChI is InChI=1S/C45H46F2N10O8S/c1-3-54(2)66(64,65)53-34-10-9-32(46)38(39(34)47)40(59)31-22-50-41-30(31)19-26(21-49-41)24-7-8-27(48-20-24)23-55-13-15-56(16-14-55)43(61)25-17-28(18-25)51-33-6-4-5-29-37(33)45(63)57(44(29)62)35-11-12-36(58)52-42(35)60/h4-10,19-22,25,28,35,44,51,53,62H,3,11-18,23H2,1-2H3,(H,49,50)(H,52,58,60)/t25-,28-,35?,44?. The second-order valence-electron chi connectivity index (χ2n) is 16.9. The van der Waals surface area contributed by atoms with Gasteiger partial charge in [0, 0.05) is 117 Å². The van der Waals surface area contributed by atoms with Crippen molar-refractivity contribution in [1.29, 1.82) is 0 Å². The van der Waals surface area contributed by atoms with Gasteiger partial charge >= 0.3 is 10.2 Å². The molecule has 5 N–H and O–H groups in total. The van der Waals surface area contributed by atoms with Gasteiger partial charge < -0.3 is 20.3 Å². The summed E-state index contributed by atoms with van der Waals surface area (Å²) >= 11 is 0. The Labute approximate surface area is 377 Å². The van der Waals surface area contributed by atoms with Gasteiger partial charge in [-0.05, 0) is 49.6 Å². The van der Waals surface area contributed by atoms with Gasteiger partial charge in [-0.2, -0.15) is 12.7 Å². The Morgan fingerprint density at radius 2 is 1.73 bits per heavy atom. The van der Waals surface area contributed by atoms with Crippen LogP contribution in [0.15, 0.2) is 67.1 Å². The normalized spacial score (nSPS) is 21.2. The van der Waals surface area contributed by atoms with E-state index in [4.69, 9.17) is 0 Å². The second kappa shape index (κ2) is 17.6. The summed E-state index contributed by atoms with van der Waals surface area (Å²) in [5, 5.41) is 17.0. The number of benzene rings is 2. The molecule has 18 nitrogen and oxygen atoms in total. The maximum absolute atomic E-state index is 15.6. The van der Waals surface area contributed by atoms with E-state index in [2.05, 4.69) is 35.2 Å². The molecule has 6 heterocycles. The predicted molar refractivity (Wildman–Crippen MR) is 236 cm³/mol. The lowest BCUT2D eigenvalue weighted by Gasteiger charge is -2.41. The molecular weight excluding hydrogens is 879 g/mol. The highest BCUT2D eigenvalue weighted by molar-refractivity contribution is 7.90. The number of halogens is 2. The van der Waals surface area contributed by atoms with Gasteiger partial charge in [0.2, 0.25) is 23.5 Å². The SMILES string of the molecule is CCN(C)S(=O)(=O)Nc1ccc(F)c(C(=O)c2c[nH]c3ncc(-c4ccc(CN5CCN(C(=O)[C@H]6C[C@H](Nc7cccc8c7C(=O)N(C7CCC(=O)NC7=O)C8O)C6)CC5)nc4)cc23)c1F. The van der Waals surface area contributed by atoms with Crippen LogP contribution in [0.4, 0.5) is 20.2 Å². The zero-order chi connectivity index (χ0) is 46.6. The molecule has 5 aromatic rings. The molecule has 4 amide bonds. The van der Waals surface area contributed by atoms with Crippen molar-refractivity contribution in [2.75, 3.05) is 49.8 Å². The van der Waals surface area contributed by atoms with Crippen LogP contribution in [0.5, 0.6) is 0 Å². The third-order valence-electron chi connectivity index (χ3n) is 12.9. The number of fused-ring (bicyclic) bond motifs is 2. The Kier molecular flexibility index (Phi) is 11.9. The number of imide groups is 1. The molecule has 2 aromatic carbocycles. The third-order valence-corrected chi connectivity index (χ3v) is 14.5. The van der Waals surface area contributed by atoms with Crippen LogP contribution < -0.4 is 15.4 Å². The molecule has 2 atom stereocenters. The number of carbonyl (C=O) groups excluding carboxylic acids is 5. The number of piperidine rings is 1. The number of anilines is 2. The fraction of sp³-hybridized carbons (Fsp3) is 0.356. The molecule has 344 valence electrons. The van der Waals surface area contributed by atoms with E-state index >= 15 is 8.78 Å². The summed E-state index contributed by atoms with van der Waals surface area (Å²) in [5.41, 5.74) is 2.02. The average Bonchev–Trinajstić information content (AvgIpc) is 3.83. The Balaban J connectivity index is 0.780. The molecule has 0 spiro atoms. The van der Waals surface area contributed by atoms with Gasteiger partial charge in [-0.3, -0.25) is 48.8 Å². The van der Waals surface area contributed by atoms with Crippen molar-refractivity contribution in [3.05, 3.63) is 107 Å². The van der Waals surface area contributed by atoms with Gasteiger partial charge in [0.15, 0.2) is 12.0 Å². The van der Waals surface area contributed by atoms with Crippen molar-refractivity contribution in [1.82, 2.24) is 39.3 Å². The molecule has 3 aliphatic heterocycles. The van der Waals surface area contributed by atoms with E-state index in [1.54, 1.807) is 43.6 Å². The quantitative estimate of drug-likeness (QED) is 0.0844. The fourth-order valence-electron chi connectivity index (χ4n) is 8.96. The van der Waals surface area contributed by atoms with Crippen molar-refractivity contribution < 1.29 is 46.3 Å². The number of ketones is 1. The van der Waals surface area contributed by atoms with Gasteiger partial charge in [-0.15, -0.1) is 0 Å². The second-order valence-corrected chi connectivity index (χ2v) is 18.7. The van der Waals surface area contributed by atoms with E-state index in [9.17, 15) is 37.5 Å². The molecule has 0 bridgehead atoms. The van der Waals surface area contributed by atoms with E-state index in [0.29, 0.717) is 79.0 Å². The van der Waals surface area contributed by atoms with E-state index in [-0.39, 0.29) is 48.4 Å². The number of nitrogens with one attached hydrogen (secondary N) is 4. The Morgan fingerprint density at radius 3 is 2.44 bits per heavy atom. The van der Waals surface area contributed by atoms with Crippen LogP contribution in [0.2, 0.25) is 0 Å². The Bertz CT molecular complexity index is 2900. The van der Waals surface area contributed by atoms with Gasteiger partial charge in [0.1, 0.15) is 17.5 Å². The maximum atomic E-state index is 15.6. The topological polar surface area (TPSA) is 230 Å². The number of nitrogens with zero attached hydrogens (tertiary/aromatic N) is 6. The average molecular weight is 925 g/mol. The number of H-pyrrole nitrogens is 1. The molecule has 3 aromatic heterocycles. The summed E-state index contributed by atoms with van der Waals surface area (Å²) in [6.07, 6.45) is 4.58. The Hall–Kier alpha value is -6.68. The number of aromatic nitrogens is 3. The number of rotatable bonds is 13. The van der Waals surface area contributed by atoms with E-state index in [1.807, 2.05) is 17.0 Å². The van der Waals surface area contributed by atoms with Crippen molar-refractivity contribution in [3.8, 4) is 11.1 Å². The molecular formula is C45H46F2N10O8S. The van der Waals surface area contributed by atoms with E-state index in [0.717, 1.165) is 27.0 Å².